The molecule has 0 heterocycles. The number of benzene rings is 3. The van der Waals surface area contributed by atoms with E-state index in [1.54, 1.807) is 6.07 Å². The molecule has 0 nitrogen and oxygen atoms in total. The fourth-order valence-electron chi connectivity index (χ4n) is 3.51. The second-order valence-electron chi connectivity index (χ2n) is 6.64. The van der Waals surface area contributed by atoms with E-state index in [1.807, 2.05) is 0 Å². The van der Waals surface area contributed by atoms with Crippen LogP contribution in [-0.2, 0) is 23.2 Å². The van der Waals surface area contributed by atoms with Crippen molar-refractivity contribution in [2.45, 2.75) is 6.16 Å². The fraction of sp³-hybridized carbons (Fsp3) is 0.0345. The third kappa shape index (κ3) is 6.30. The number of hydrogen-bond acceptors (Lipinski definition) is 0. The van der Waals surface area contributed by atoms with Crippen molar-refractivity contribution in [2.24, 2.45) is 0 Å². The predicted molar refractivity (Wildman–Crippen MR) is 124 cm³/mol. The first-order valence-electron chi connectivity index (χ1n) is 9.65. The van der Waals surface area contributed by atoms with E-state index < -0.39 is 7.26 Å². The molecule has 0 bridgehead atoms. The molecule has 0 amide bonds. The minimum atomic E-state index is -1.84. The molecule has 0 radical (unpaired) electrons. The smallest absolute Gasteiger partial charge is 0.102 e. The van der Waals surface area contributed by atoms with Gasteiger partial charge in [-0.25, -0.2) is 0 Å². The second-order valence-corrected chi connectivity index (χ2v) is 10.1. The Morgan fingerprint density at radius 2 is 0.969 bits per heavy atom. The summed E-state index contributed by atoms with van der Waals surface area (Å²) < 4.78 is 0. The molecule has 0 unspecified atom stereocenters. The molecule has 0 spiro atoms. The third-order valence-corrected chi connectivity index (χ3v) is 9.16. The second kappa shape index (κ2) is 13.6. The standard InChI is InChI=1S/C24H17P.C5H.Fe.HI/c1-4-14-22(15-5-1)25(20-21-12-10-11-13-21,23-16-6-2-7-17-23)24-18-8-3-9-19-24;1-2-4-5-3-1;;/h1-9,14-19H,20H2;1H;;1H/q-4;-5;;/p-1. The molecule has 0 atom stereocenters. The molecule has 5 rings (SSSR count). The van der Waals surface area contributed by atoms with Crippen molar-refractivity contribution < 1.29 is 41.0 Å². The normalized spacial score (nSPS) is 10.1. The quantitative estimate of drug-likeness (QED) is 0.129. The van der Waals surface area contributed by atoms with E-state index in [4.69, 9.17) is 0 Å². The van der Waals surface area contributed by atoms with E-state index >= 15 is 0 Å². The molecule has 5 aromatic rings. The molecular weight excluding hydrogens is 562 g/mol. The summed E-state index contributed by atoms with van der Waals surface area (Å²) in [6, 6.07) is 56.8. The number of hydrogen-bond donors (Lipinski definition) is 0. The minimum Gasteiger partial charge on any atom is -1.00 e. The van der Waals surface area contributed by atoms with Crippen molar-refractivity contribution in [3.63, 3.8) is 0 Å². The maximum Gasteiger partial charge on any atom is 0.102 e. The Morgan fingerprint density at radius 3 is 1.28 bits per heavy atom. The van der Waals surface area contributed by atoms with Gasteiger partial charge in [-0.2, -0.15) is 0 Å². The molecule has 0 fully saturated rings. The maximum atomic E-state index is 3.19. The van der Waals surface area contributed by atoms with Gasteiger partial charge in [0.05, 0.1) is 7.26 Å². The average molecular weight is 580 g/mol. The Labute approximate surface area is 220 Å². The fourth-order valence-corrected chi connectivity index (χ4v) is 7.63. The summed E-state index contributed by atoms with van der Waals surface area (Å²) in [6.07, 6.45) is 0.880. The molecule has 5 aromatic carbocycles. The van der Waals surface area contributed by atoms with Crippen LogP contribution in [0.4, 0.5) is 0 Å². The monoisotopic (exact) mass is 580 g/mol. The molecule has 0 aromatic heterocycles. The van der Waals surface area contributed by atoms with Crippen LogP contribution in [0.2, 0.25) is 0 Å². The van der Waals surface area contributed by atoms with Gasteiger partial charge in [-0.1, -0.05) is 60.8 Å². The van der Waals surface area contributed by atoms with Crippen LogP contribution in [0.25, 0.3) is 0 Å². The summed E-state index contributed by atoms with van der Waals surface area (Å²) in [4.78, 5) is 0. The summed E-state index contributed by atoms with van der Waals surface area (Å²) >= 11 is 0. The van der Waals surface area contributed by atoms with Crippen molar-refractivity contribution in [1.29, 1.82) is 0 Å². The van der Waals surface area contributed by atoms with Crippen LogP contribution in [0.5, 0.6) is 0 Å². The molecule has 0 aliphatic rings. The van der Waals surface area contributed by atoms with Gasteiger partial charge in [0.15, 0.2) is 0 Å². The Hall–Kier alpha value is -1.96. The van der Waals surface area contributed by atoms with E-state index in [-0.39, 0.29) is 41.0 Å². The van der Waals surface area contributed by atoms with Gasteiger partial charge in [-0.05, 0) is 36.4 Å². The number of halogens is 1. The summed E-state index contributed by atoms with van der Waals surface area (Å²) in [6.45, 7) is 0. The van der Waals surface area contributed by atoms with Gasteiger partial charge in [-0.15, -0.1) is 0 Å². The van der Waals surface area contributed by atoms with Crippen molar-refractivity contribution in [3.8, 4) is 0 Å². The van der Waals surface area contributed by atoms with Gasteiger partial charge in [-0.3, -0.25) is 0 Å². The maximum absolute atomic E-state index is 3.19. The zero-order valence-corrected chi connectivity index (χ0v) is 21.3. The SMILES string of the molecule is [Fe].[I-].[c-]1[c-][c-][c-](C[P+](c2ccccc2)(c2ccccc2)c2ccccc2)[c-]1.[c-]1[c-][c-][cH-][c-]1. The predicted octanol–water partition coefficient (Wildman–Crippen LogP) is 1.71. The first-order chi connectivity index (χ1) is 14.9. The van der Waals surface area contributed by atoms with Crippen LogP contribution in [0, 0.1) is 48.5 Å². The van der Waals surface area contributed by atoms with Crippen LogP contribution >= 0.6 is 7.26 Å². The van der Waals surface area contributed by atoms with Crippen LogP contribution in [0.15, 0.2) is 97.1 Å². The van der Waals surface area contributed by atoms with E-state index in [0.29, 0.717) is 0 Å². The summed E-state index contributed by atoms with van der Waals surface area (Å²) in [7, 11) is -1.84. The molecule has 32 heavy (non-hydrogen) atoms. The zero-order valence-electron chi connectivity index (χ0n) is 17.1. The molecule has 0 N–H and O–H groups in total. The van der Waals surface area contributed by atoms with Crippen LogP contribution in [0.3, 0.4) is 0 Å². The average Bonchev–Trinajstić information content (AvgIpc) is 3.56. The minimum absolute atomic E-state index is 0. The Morgan fingerprint density at radius 1 is 0.594 bits per heavy atom. The molecule has 0 saturated carbocycles. The molecule has 0 aliphatic heterocycles. The summed E-state index contributed by atoms with van der Waals surface area (Å²) in [5, 5.41) is 4.11. The van der Waals surface area contributed by atoms with Crippen LogP contribution in [0.1, 0.15) is 5.56 Å². The van der Waals surface area contributed by atoms with Gasteiger partial charge in [0.1, 0.15) is 15.9 Å². The van der Waals surface area contributed by atoms with Crippen LogP contribution in [-0.4, -0.2) is 0 Å². The molecular formula is C29H18FeIP-10. The van der Waals surface area contributed by atoms with Crippen molar-refractivity contribution >= 4 is 23.2 Å². The number of rotatable bonds is 5. The van der Waals surface area contributed by atoms with Crippen molar-refractivity contribution in [2.75, 3.05) is 0 Å². The van der Waals surface area contributed by atoms with Gasteiger partial charge >= 0.3 is 0 Å². The van der Waals surface area contributed by atoms with Gasteiger partial charge in [0.25, 0.3) is 0 Å². The van der Waals surface area contributed by atoms with Gasteiger partial charge in [0.2, 0.25) is 0 Å². The van der Waals surface area contributed by atoms with Crippen molar-refractivity contribution in [3.05, 3.63) is 151 Å². The topological polar surface area (TPSA) is 0 Å². The van der Waals surface area contributed by atoms with E-state index in [1.165, 1.54) is 15.9 Å². The van der Waals surface area contributed by atoms with Gasteiger partial charge < -0.3 is 84.1 Å². The summed E-state index contributed by atoms with van der Waals surface area (Å²) in [5.74, 6) is 0. The Balaban J connectivity index is 0.000000460. The van der Waals surface area contributed by atoms with Crippen LogP contribution < -0.4 is 39.9 Å². The van der Waals surface area contributed by atoms with E-state index in [2.05, 4.69) is 140 Å². The molecule has 164 valence electrons. The van der Waals surface area contributed by atoms with E-state index in [0.717, 1.165) is 11.7 Å². The van der Waals surface area contributed by atoms with Crippen molar-refractivity contribution in [1.82, 2.24) is 0 Å². The van der Waals surface area contributed by atoms with Gasteiger partial charge in [0, 0.05) is 17.1 Å². The Kier molecular flexibility index (Phi) is 11.1. The molecule has 3 heteroatoms. The van der Waals surface area contributed by atoms with E-state index in [9.17, 15) is 0 Å². The first-order valence-corrected chi connectivity index (χ1v) is 11.6. The first kappa shape index (κ1) is 26.3. The zero-order chi connectivity index (χ0) is 20.5. The Bertz CT molecular complexity index is 976. The molecule has 0 saturated heterocycles. The summed E-state index contributed by atoms with van der Waals surface area (Å²) in [5.41, 5.74) is 1.05. The largest absolute Gasteiger partial charge is 1.00 e. The molecule has 0 aliphatic carbocycles. The third-order valence-electron chi connectivity index (χ3n) is 4.83.